The molecule has 0 aromatic heterocycles. The third-order valence-corrected chi connectivity index (χ3v) is 0.960. The van der Waals surface area contributed by atoms with Gasteiger partial charge in [-0.3, -0.25) is 0 Å². The summed E-state index contributed by atoms with van der Waals surface area (Å²) in [7, 11) is 0. The van der Waals surface area contributed by atoms with Gasteiger partial charge in [0, 0.05) is 0 Å². The van der Waals surface area contributed by atoms with E-state index in [0.29, 0.717) is 0 Å². The van der Waals surface area contributed by atoms with Crippen molar-refractivity contribution < 1.29 is 14.6 Å². The molecule has 0 aromatic rings. The van der Waals surface area contributed by atoms with Crippen molar-refractivity contribution in [2.75, 3.05) is 6.61 Å². The van der Waals surface area contributed by atoms with Gasteiger partial charge in [-0.2, -0.15) is 0 Å². The number of aliphatic hydroxyl groups is 1. The minimum absolute atomic E-state index is 0.0227. The average molecular weight is 171 g/mol. The fourth-order valence-corrected chi connectivity index (χ4v) is 0.454. The molecule has 0 bridgehead atoms. The van der Waals surface area contributed by atoms with Crippen molar-refractivity contribution in [2.24, 2.45) is 5.18 Å². The fraction of sp³-hybridized carbons (Fsp3) is 0.286. The first-order valence-corrected chi connectivity index (χ1v) is 3.14. The number of nitrogens with zero attached hydrogens (tertiary/aromatic N) is 1. The Morgan fingerprint density at radius 3 is 2.67 bits per heavy atom. The normalized spacial score (nSPS) is 11.4. The molecule has 0 aromatic carbocycles. The average Bonchev–Trinajstić information content (AvgIpc) is 2.01. The lowest BCUT2D eigenvalue weighted by Crippen LogP contribution is -2.07. The molecule has 12 heavy (non-hydrogen) atoms. The van der Waals surface area contributed by atoms with Crippen LogP contribution in [-0.4, -0.2) is 17.7 Å². The van der Waals surface area contributed by atoms with Gasteiger partial charge >= 0.3 is 5.97 Å². The summed E-state index contributed by atoms with van der Waals surface area (Å²) in [5.41, 5.74) is -0.614. The number of carbonyl (C=O) groups is 1. The molecule has 0 fully saturated rings. The summed E-state index contributed by atoms with van der Waals surface area (Å²) in [4.78, 5) is 20.7. The number of hydrogen-bond donors (Lipinski definition) is 1. The lowest BCUT2D eigenvalue weighted by Gasteiger charge is -1.99. The number of nitroso groups, excluding NO2 is 1. The number of aliphatic hydroxyl groups excluding tert-OH is 1. The highest BCUT2D eigenvalue weighted by Crippen LogP contribution is 2.04. The topological polar surface area (TPSA) is 76.0 Å². The Bertz CT molecular complexity index is 228. The molecular weight excluding hydrogens is 162 g/mol. The summed E-state index contributed by atoms with van der Waals surface area (Å²) in [6.07, 6.45) is 1.34. The highest BCUT2D eigenvalue weighted by Gasteiger charge is 2.14. The van der Waals surface area contributed by atoms with Crippen LogP contribution in [0.1, 0.15) is 6.92 Å². The predicted octanol–water partition coefficient (Wildman–Crippen LogP) is 1.27. The first-order valence-electron chi connectivity index (χ1n) is 3.14. The predicted molar refractivity (Wildman–Crippen MR) is 42.3 cm³/mol. The smallest absolute Gasteiger partial charge is 0.364 e. The molecule has 0 heterocycles. The number of carbonyl (C=O) groups excluding carboxylic acids is 1. The van der Waals surface area contributed by atoms with E-state index in [1.54, 1.807) is 0 Å². The highest BCUT2D eigenvalue weighted by atomic mass is 16.5. The molecule has 5 heteroatoms. The molecule has 0 rings (SSSR count). The van der Waals surface area contributed by atoms with Crippen molar-refractivity contribution in [3.05, 3.63) is 29.0 Å². The Kier molecular flexibility index (Phi) is 4.36. The van der Waals surface area contributed by atoms with Gasteiger partial charge in [-0.1, -0.05) is 12.7 Å². The van der Waals surface area contributed by atoms with Crippen molar-refractivity contribution in [2.45, 2.75) is 6.92 Å². The number of rotatable bonds is 4. The molecular formula is C7H9NO4. The molecule has 66 valence electrons. The van der Waals surface area contributed by atoms with E-state index in [9.17, 15) is 9.70 Å². The van der Waals surface area contributed by atoms with Gasteiger partial charge in [0.15, 0.2) is 0 Å². The highest BCUT2D eigenvalue weighted by molar-refractivity contribution is 5.88. The van der Waals surface area contributed by atoms with Gasteiger partial charge < -0.3 is 9.84 Å². The van der Waals surface area contributed by atoms with Crippen LogP contribution in [0, 0.1) is 4.91 Å². The van der Waals surface area contributed by atoms with Gasteiger partial charge in [-0.15, -0.1) is 4.91 Å². The molecule has 0 saturated carbocycles. The van der Waals surface area contributed by atoms with Crippen molar-refractivity contribution in [1.29, 1.82) is 0 Å². The van der Waals surface area contributed by atoms with Gasteiger partial charge in [0.25, 0.3) is 0 Å². The summed E-state index contributed by atoms with van der Waals surface area (Å²) < 4.78 is 4.44. The standard InChI is InChI=1S/C7H9NO4/c1-3-4-12-7(10)6(8-11)5(2)9/h3,9H,1,4H2,2H3/b6-5+. The van der Waals surface area contributed by atoms with Crippen LogP contribution in [0.15, 0.2) is 29.3 Å². The zero-order valence-corrected chi connectivity index (χ0v) is 6.61. The molecule has 5 nitrogen and oxygen atoms in total. The zero-order chi connectivity index (χ0) is 9.56. The fourth-order valence-electron chi connectivity index (χ4n) is 0.454. The number of esters is 1. The van der Waals surface area contributed by atoms with Crippen LogP contribution in [0.5, 0.6) is 0 Å². The van der Waals surface area contributed by atoms with E-state index in [-0.39, 0.29) is 6.61 Å². The van der Waals surface area contributed by atoms with Gasteiger partial charge in [0.05, 0.1) is 0 Å². The van der Waals surface area contributed by atoms with Gasteiger partial charge in [-0.25, -0.2) is 4.79 Å². The van der Waals surface area contributed by atoms with Crippen LogP contribution in [0.3, 0.4) is 0 Å². The SMILES string of the molecule is C=CCOC(=O)/C(N=O)=C(/C)O. The summed E-state index contributed by atoms with van der Waals surface area (Å²) in [6.45, 7) is 4.45. The third-order valence-electron chi connectivity index (χ3n) is 0.960. The molecule has 0 amide bonds. The lowest BCUT2D eigenvalue weighted by atomic mass is 10.4. The van der Waals surface area contributed by atoms with E-state index < -0.39 is 17.4 Å². The third kappa shape index (κ3) is 2.96. The summed E-state index contributed by atoms with van der Waals surface area (Å²) >= 11 is 0. The Morgan fingerprint density at radius 1 is 1.75 bits per heavy atom. The lowest BCUT2D eigenvalue weighted by molar-refractivity contribution is -0.138. The van der Waals surface area contributed by atoms with Gasteiger partial charge in [0.2, 0.25) is 5.70 Å². The molecule has 0 unspecified atom stereocenters. The maximum Gasteiger partial charge on any atom is 0.364 e. The first-order chi connectivity index (χ1) is 5.63. The molecule has 0 aliphatic rings. The Balaban J connectivity index is 4.34. The minimum atomic E-state index is -0.954. The number of ether oxygens (including phenoxy) is 1. The van der Waals surface area contributed by atoms with Crippen molar-refractivity contribution >= 4 is 5.97 Å². The minimum Gasteiger partial charge on any atom is -0.510 e. The van der Waals surface area contributed by atoms with Crippen LogP contribution >= 0.6 is 0 Å². The van der Waals surface area contributed by atoms with E-state index in [1.165, 1.54) is 13.0 Å². The second-order valence-electron chi connectivity index (χ2n) is 1.91. The quantitative estimate of drug-likeness (QED) is 0.227. The molecule has 1 N–H and O–H groups in total. The molecule has 0 spiro atoms. The summed E-state index contributed by atoms with van der Waals surface area (Å²) in [5.74, 6) is -1.41. The Labute approximate surface area is 69.3 Å². The van der Waals surface area contributed by atoms with Crippen molar-refractivity contribution in [1.82, 2.24) is 0 Å². The van der Waals surface area contributed by atoms with Gasteiger partial charge in [-0.05, 0) is 12.1 Å². The van der Waals surface area contributed by atoms with Gasteiger partial charge in [0.1, 0.15) is 12.4 Å². The van der Waals surface area contributed by atoms with Crippen LogP contribution in [-0.2, 0) is 9.53 Å². The Morgan fingerprint density at radius 2 is 2.33 bits per heavy atom. The molecule has 0 atom stereocenters. The first kappa shape index (κ1) is 10.3. The van der Waals surface area contributed by atoms with E-state index >= 15 is 0 Å². The maximum atomic E-state index is 10.8. The van der Waals surface area contributed by atoms with E-state index in [2.05, 4.69) is 16.5 Å². The van der Waals surface area contributed by atoms with Crippen LogP contribution < -0.4 is 0 Å². The summed E-state index contributed by atoms with van der Waals surface area (Å²) in [5, 5.41) is 11.1. The maximum absolute atomic E-state index is 10.8. The van der Waals surface area contributed by atoms with E-state index in [4.69, 9.17) is 5.11 Å². The van der Waals surface area contributed by atoms with Crippen molar-refractivity contribution in [3.8, 4) is 0 Å². The zero-order valence-electron chi connectivity index (χ0n) is 6.61. The molecule has 0 saturated heterocycles. The largest absolute Gasteiger partial charge is 0.510 e. The van der Waals surface area contributed by atoms with E-state index in [0.717, 1.165) is 0 Å². The van der Waals surface area contributed by atoms with E-state index in [1.807, 2.05) is 0 Å². The van der Waals surface area contributed by atoms with Crippen LogP contribution in [0.2, 0.25) is 0 Å². The second-order valence-corrected chi connectivity index (χ2v) is 1.91. The monoisotopic (exact) mass is 171 g/mol. The molecule has 0 aliphatic carbocycles. The number of allylic oxidation sites excluding steroid dienone is 1. The molecule has 0 aliphatic heterocycles. The van der Waals surface area contributed by atoms with Crippen molar-refractivity contribution in [3.63, 3.8) is 0 Å². The summed E-state index contributed by atoms with van der Waals surface area (Å²) in [6, 6.07) is 0. The number of hydrogen-bond acceptors (Lipinski definition) is 5. The Hall–Kier alpha value is -1.65. The second kappa shape index (κ2) is 5.06. The van der Waals surface area contributed by atoms with Crippen LogP contribution in [0.4, 0.5) is 0 Å². The molecule has 0 radical (unpaired) electrons. The van der Waals surface area contributed by atoms with Crippen LogP contribution in [0.25, 0.3) is 0 Å².